The first kappa shape index (κ1) is 12.6. The van der Waals surface area contributed by atoms with Gasteiger partial charge in [0.2, 0.25) is 0 Å². The van der Waals surface area contributed by atoms with E-state index in [2.05, 4.69) is 22.3 Å². The van der Waals surface area contributed by atoms with E-state index >= 15 is 0 Å². The molecule has 1 aromatic heterocycles. The smallest absolute Gasteiger partial charge is 0.125 e. The third-order valence-electron chi connectivity index (χ3n) is 3.45. The molecule has 0 atom stereocenters. The van der Waals surface area contributed by atoms with Crippen molar-refractivity contribution in [3.63, 3.8) is 0 Å². The average molecular weight is 276 g/mol. The van der Waals surface area contributed by atoms with E-state index in [-0.39, 0.29) is 5.82 Å². The van der Waals surface area contributed by atoms with Gasteiger partial charge in [0.15, 0.2) is 0 Å². The lowest BCUT2D eigenvalue weighted by Gasteiger charge is -2.18. The highest BCUT2D eigenvalue weighted by atomic mass is 32.1. The van der Waals surface area contributed by atoms with Gasteiger partial charge < -0.3 is 10.2 Å². The summed E-state index contributed by atoms with van der Waals surface area (Å²) in [6.45, 7) is 2.78. The second-order valence-electron chi connectivity index (χ2n) is 4.84. The monoisotopic (exact) mass is 276 g/mol. The molecule has 2 heterocycles. The number of halogens is 1. The summed E-state index contributed by atoms with van der Waals surface area (Å²) in [5.41, 5.74) is 2.32. The molecule has 0 spiro atoms. The molecule has 100 valence electrons. The molecule has 1 N–H and O–H groups in total. The molecule has 0 unspecified atom stereocenters. The molecule has 2 aromatic rings. The van der Waals surface area contributed by atoms with E-state index in [1.165, 1.54) is 15.3 Å². The Labute approximate surface area is 116 Å². The fourth-order valence-corrected chi connectivity index (χ4v) is 3.59. The fourth-order valence-electron chi connectivity index (χ4n) is 2.55. The van der Waals surface area contributed by atoms with Crippen LogP contribution in [0.15, 0.2) is 30.3 Å². The number of rotatable bonds is 4. The highest BCUT2D eigenvalue weighted by molar-refractivity contribution is 7.12. The zero-order valence-corrected chi connectivity index (χ0v) is 11.8. The van der Waals surface area contributed by atoms with Crippen LogP contribution in [0.2, 0.25) is 0 Å². The van der Waals surface area contributed by atoms with Crippen molar-refractivity contribution in [2.45, 2.75) is 19.5 Å². The van der Waals surface area contributed by atoms with Crippen molar-refractivity contribution in [1.82, 2.24) is 5.32 Å². The molecule has 0 saturated carbocycles. The van der Waals surface area contributed by atoms with Crippen molar-refractivity contribution in [3.05, 3.63) is 51.5 Å². The molecule has 0 saturated heterocycles. The van der Waals surface area contributed by atoms with E-state index in [4.69, 9.17) is 0 Å². The Kier molecular flexibility index (Phi) is 3.53. The van der Waals surface area contributed by atoms with Crippen LogP contribution in [0.3, 0.4) is 0 Å². The van der Waals surface area contributed by atoms with Gasteiger partial charge in [0.25, 0.3) is 0 Å². The summed E-state index contributed by atoms with van der Waals surface area (Å²) in [6.07, 6.45) is 1.02. The second-order valence-corrected chi connectivity index (χ2v) is 6.10. The van der Waals surface area contributed by atoms with Gasteiger partial charge in [0.1, 0.15) is 5.82 Å². The number of fused-ring (bicyclic) bond motifs is 1. The van der Waals surface area contributed by atoms with Crippen LogP contribution in [0.25, 0.3) is 0 Å². The number of benzene rings is 1. The standard InChI is InChI=1S/C15H17FN2S/c1-17-9-13-4-5-14(19-13)10-18-7-6-11-2-3-12(16)8-15(11)18/h2-5,8,17H,6-7,9-10H2,1H3. The van der Waals surface area contributed by atoms with E-state index in [0.717, 1.165) is 31.7 Å². The predicted molar refractivity (Wildman–Crippen MR) is 78.2 cm³/mol. The third-order valence-corrected chi connectivity index (χ3v) is 4.52. The van der Waals surface area contributed by atoms with E-state index in [0.29, 0.717) is 0 Å². The lowest BCUT2D eigenvalue weighted by Crippen LogP contribution is -2.18. The molecule has 2 nitrogen and oxygen atoms in total. The molecule has 4 heteroatoms. The average Bonchev–Trinajstić information content (AvgIpc) is 2.98. The first-order chi connectivity index (χ1) is 9.26. The Morgan fingerprint density at radius 1 is 1.26 bits per heavy atom. The van der Waals surface area contributed by atoms with E-state index in [1.807, 2.05) is 24.5 Å². The van der Waals surface area contributed by atoms with Gasteiger partial charge >= 0.3 is 0 Å². The zero-order chi connectivity index (χ0) is 13.2. The van der Waals surface area contributed by atoms with Crippen LogP contribution in [0.5, 0.6) is 0 Å². The van der Waals surface area contributed by atoms with Crippen molar-refractivity contribution in [3.8, 4) is 0 Å². The molecule has 1 aliphatic heterocycles. The summed E-state index contributed by atoms with van der Waals surface area (Å²) in [6, 6.07) is 9.46. The molecule has 3 rings (SSSR count). The summed E-state index contributed by atoms with van der Waals surface area (Å²) >= 11 is 1.83. The Hall–Kier alpha value is -1.39. The summed E-state index contributed by atoms with van der Waals surface area (Å²) in [4.78, 5) is 4.95. The quantitative estimate of drug-likeness (QED) is 0.922. The Morgan fingerprint density at radius 2 is 2.11 bits per heavy atom. The van der Waals surface area contributed by atoms with Gasteiger partial charge in [0.05, 0.1) is 6.54 Å². The molecule has 1 aromatic carbocycles. The van der Waals surface area contributed by atoms with Crippen LogP contribution in [-0.4, -0.2) is 13.6 Å². The summed E-state index contributed by atoms with van der Waals surface area (Å²) in [5.74, 6) is -0.146. The lowest BCUT2D eigenvalue weighted by atomic mass is 10.2. The molecule has 0 radical (unpaired) electrons. The highest BCUT2D eigenvalue weighted by Gasteiger charge is 2.20. The van der Waals surface area contributed by atoms with Gasteiger partial charge in [-0.25, -0.2) is 4.39 Å². The van der Waals surface area contributed by atoms with Gasteiger partial charge in [-0.2, -0.15) is 0 Å². The minimum absolute atomic E-state index is 0.146. The van der Waals surface area contributed by atoms with Crippen LogP contribution in [0, 0.1) is 5.82 Å². The van der Waals surface area contributed by atoms with Crippen molar-refractivity contribution < 1.29 is 4.39 Å². The number of nitrogens with one attached hydrogen (secondary N) is 1. The normalized spacial score (nSPS) is 13.9. The van der Waals surface area contributed by atoms with Gasteiger partial charge in [0, 0.05) is 28.5 Å². The van der Waals surface area contributed by atoms with Crippen LogP contribution in [-0.2, 0) is 19.5 Å². The molecule has 0 fully saturated rings. The third kappa shape index (κ3) is 2.65. The first-order valence-electron chi connectivity index (χ1n) is 6.52. The summed E-state index contributed by atoms with van der Waals surface area (Å²) < 4.78 is 13.3. The van der Waals surface area contributed by atoms with Crippen molar-refractivity contribution in [1.29, 1.82) is 0 Å². The number of thiophene rings is 1. The minimum atomic E-state index is -0.146. The summed E-state index contributed by atoms with van der Waals surface area (Å²) in [5, 5.41) is 3.16. The van der Waals surface area contributed by atoms with Gasteiger partial charge in [-0.15, -0.1) is 11.3 Å². The van der Waals surface area contributed by atoms with E-state index in [1.54, 1.807) is 12.1 Å². The topological polar surface area (TPSA) is 15.3 Å². The van der Waals surface area contributed by atoms with Crippen molar-refractivity contribution in [2.75, 3.05) is 18.5 Å². The maximum atomic E-state index is 13.3. The van der Waals surface area contributed by atoms with E-state index in [9.17, 15) is 4.39 Å². The number of nitrogens with zero attached hydrogens (tertiary/aromatic N) is 1. The molecular weight excluding hydrogens is 259 g/mol. The summed E-state index contributed by atoms with van der Waals surface area (Å²) in [7, 11) is 1.96. The number of anilines is 1. The van der Waals surface area contributed by atoms with Crippen molar-refractivity contribution in [2.24, 2.45) is 0 Å². The van der Waals surface area contributed by atoms with Crippen LogP contribution < -0.4 is 10.2 Å². The fraction of sp³-hybridized carbons (Fsp3) is 0.333. The van der Waals surface area contributed by atoms with Crippen LogP contribution in [0.4, 0.5) is 10.1 Å². The Bertz CT molecular complexity index is 579. The molecule has 0 aliphatic carbocycles. The molecule has 19 heavy (non-hydrogen) atoms. The second kappa shape index (κ2) is 5.31. The Morgan fingerprint density at radius 3 is 2.95 bits per heavy atom. The van der Waals surface area contributed by atoms with Gasteiger partial charge in [-0.1, -0.05) is 6.07 Å². The van der Waals surface area contributed by atoms with E-state index < -0.39 is 0 Å². The predicted octanol–water partition coefficient (Wildman–Crippen LogP) is 3.17. The molecule has 0 bridgehead atoms. The first-order valence-corrected chi connectivity index (χ1v) is 7.33. The number of hydrogen-bond acceptors (Lipinski definition) is 3. The molecular formula is C15H17FN2S. The SMILES string of the molecule is CNCc1ccc(CN2CCc3ccc(F)cc32)s1. The van der Waals surface area contributed by atoms with Crippen LogP contribution >= 0.6 is 11.3 Å². The molecule has 1 aliphatic rings. The Balaban J connectivity index is 1.76. The lowest BCUT2D eigenvalue weighted by molar-refractivity contribution is 0.627. The zero-order valence-electron chi connectivity index (χ0n) is 10.9. The van der Waals surface area contributed by atoms with Crippen molar-refractivity contribution >= 4 is 17.0 Å². The minimum Gasteiger partial charge on any atom is -0.366 e. The maximum absolute atomic E-state index is 13.3. The van der Waals surface area contributed by atoms with Gasteiger partial charge in [-0.3, -0.25) is 0 Å². The maximum Gasteiger partial charge on any atom is 0.125 e. The number of hydrogen-bond donors (Lipinski definition) is 1. The highest BCUT2D eigenvalue weighted by Crippen LogP contribution is 2.31. The van der Waals surface area contributed by atoms with Gasteiger partial charge in [-0.05, 0) is 43.3 Å². The molecule has 0 amide bonds. The largest absolute Gasteiger partial charge is 0.366 e. The van der Waals surface area contributed by atoms with Crippen LogP contribution in [0.1, 0.15) is 15.3 Å².